The Morgan fingerprint density at radius 1 is 1.16 bits per heavy atom. The van der Waals surface area contributed by atoms with Gasteiger partial charge in [-0.2, -0.15) is 5.26 Å². The number of benzene rings is 2. The lowest BCUT2D eigenvalue weighted by molar-refractivity contribution is 0.0622. The second kappa shape index (κ2) is 8.83. The van der Waals surface area contributed by atoms with Gasteiger partial charge in [0.2, 0.25) is 0 Å². The molecule has 5 nitrogen and oxygen atoms in total. The first kappa shape index (κ1) is 21.6. The van der Waals surface area contributed by atoms with Gasteiger partial charge in [0.05, 0.1) is 17.2 Å². The topological polar surface area (TPSA) is 69.9 Å². The van der Waals surface area contributed by atoms with E-state index in [1.54, 1.807) is 36.2 Å². The highest BCUT2D eigenvalue weighted by Crippen LogP contribution is 2.45. The van der Waals surface area contributed by atoms with Crippen LogP contribution in [0.1, 0.15) is 41.6 Å². The Morgan fingerprint density at radius 2 is 1.91 bits per heavy atom. The molecule has 1 aliphatic heterocycles. The first-order chi connectivity index (χ1) is 15.4. The third kappa shape index (κ3) is 3.96. The molecular formula is C25H22F2N4O. The molecule has 0 N–H and O–H groups in total. The van der Waals surface area contributed by atoms with E-state index in [-0.39, 0.29) is 5.91 Å². The van der Waals surface area contributed by atoms with Crippen LogP contribution < -0.4 is 0 Å². The van der Waals surface area contributed by atoms with Gasteiger partial charge in [-0.05, 0) is 36.6 Å². The lowest BCUT2D eigenvalue weighted by Crippen LogP contribution is -2.44. The number of likely N-dealkylation sites (tertiary alicyclic amines) is 1. The first-order valence-corrected chi connectivity index (χ1v) is 10.5. The summed E-state index contributed by atoms with van der Waals surface area (Å²) >= 11 is 0. The van der Waals surface area contributed by atoms with Crippen molar-refractivity contribution in [3.8, 4) is 17.3 Å². The monoisotopic (exact) mass is 432 g/mol. The average molecular weight is 432 g/mol. The number of carbonyl (C=O) groups excluding carboxylic acids is 1. The fourth-order valence-corrected chi connectivity index (χ4v) is 4.41. The highest BCUT2D eigenvalue weighted by Gasteiger charge is 2.42. The predicted octanol–water partition coefficient (Wildman–Crippen LogP) is 4.97. The smallest absolute Gasteiger partial charge is 0.254 e. The van der Waals surface area contributed by atoms with Gasteiger partial charge in [-0.15, -0.1) is 0 Å². The normalized spacial score (nSPS) is 16.2. The van der Waals surface area contributed by atoms with Gasteiger partial charge >= 0.3 is 0 Å². The summed E-state index contributed by atoms with van der Waals surface area (Å²) in [7, 11) is 0. The number of piperidine rings is 1. The molecule has 0 saturated carbocycles. The molecule has 1 aliphatic rings. The molecule has 32 heavy (non-hydrogen) atoms. The highest BCUT2D eigenvalue weighted by molar-refractivity contribution is 6.00. The molecule has 162 valence electrons. The van der Waals surface area contributed by atoms with Crippen LogP contribution in [0.5, 0.6) is 0 Å². The summed E-state index contributed by atoms with van der Waals surface area (Å²) in [6, 6.07) is 14.9. The molecule has 0 bridgehead atoms. The van der Waals surface area contributed by atoms with E-state index < -0.39 is 23.0 Å². The lowest BCUT2D eigenvalue weighted by atomic mass is 9.68. The number of carbonyl (C=O) groups is 1. The van der Waals surface area contributed by atoms with Crippen LogP contribution in [0.25, 0.3) is 11.3 Å². The molecular weight excluding hydrogens is 410 g/mol. The third-order valence-corrected chi connectivity index (χ3v) is 6.44. The Labute approximate surface area is 185 Å². The molecule has 7 heteroatoms. The number of aromatic nitrogens is 2. The van der Waals surface area contributed by atoms with Crippen molar-refractivity contribution in [1.82, 2.24) is 14.9 Å². The van der Waals surface area contributed by atoms with E-state index in [9.17, 15) is 18.8 Å². The molecule has 1 amide bonds. The molecule has 1 atom stereocenters. The number of amides is 1. The van der Waals surface area contributed by atoms with Gasteiger partial charge < -0.3 is 4.90 Å². The minimum Gasteiger partial charge on any atom is -0.339 e. The van der Waals surface area contributed by atoms with Crippen LogP contribution >= 0.6 is 0 Å². The van der Waals surface area contributed by atoms with E-state index in [1.807, 2.05) is 12.1 Å². The number of halogens is 2. The fraction of sp³-hybridized carbons (Fsp3) is 0.280. The number of nitrogens with zero attached hydrogens (tertiary/aromatic N) is 4. The van der Waals surface area contributed by atoms with Gasteiger partial charge in [-0.25, -0.2) is 18.7 Å². The van der Waals surface area contributed by atoms with Crippen LogP contribution in [0.2, 0.25) is 0 Å². The highest BCUT2D eigenvalue weighted by atomic mass is 19.1. The summed E-state index contributed by atoms with van der Waals surface area (Å²) in [5.41, 5.74) is 1.41. The maximum atomic E-state index is 14.4. The molecule has 0 radical (unpaired) electrons. The van der Waals surface area contributed by atoms with Gasteiger partial charge in [-0.3, -0.25) is 4.79 Å². The molecule has 4 rings (SSSR count). The average Bonchev–Trinajstić information content (AvgIpc) is 2.84. The summed E-state index contributed by atoms with van der Waals surface area (Å²) in [5, 5.41) is 9.99. The summed E-state index contributed by atoms with van der Waals surface area (Å²) in [4.78, 5) is 23.2. The largest absolute Gasteiger partial charge is 0.339 e. The minimum atomic E-state index is -0.832. The summed E-state index contributed by atoms with van der Waals surface area (Å²) < 4.78 is 27.7. The van der Waals surface area contributed by atoms with E-state index in [1.165, 1.54) is 18.5 Å². The first-order valence-electron chi connectivity index (χ1n) is 10.5. The summed E-state index contributed by atoms with van der Waals surface area (Å²) in [6.45, 7) is 2.54. The second-order valence-electron chi connectivity index (χ2n) is 8.09. The molecule has 2 heterocycles. The van der Waals surface area contributed by atoms with E-state index in [4.69, 9.17) is 0 Å². The second-order valence-corrected chi connectivity index (χ2v) is 8.09. The molecule has 1 saturated heterocycles. The van der Waals surface area contributed by atoms with Crippen LogP contribution in [0, 0.1) is 28.4 Å². The van der Waals surface area contributed by atoms with E-state index >= 15 is 0 Å². The van der Waals surface area contributed by atoms with Crippen molar-refractivity contribution >= 4 is 5.91 Å². The SMILES string of the molecule is C[C@@H](c1ccc(F)cc1F)C1(C#N)CCN(C(=O)c2ccccc2-c2ccncn2)CC1. The molecule has 0 aliphatic carbocycles. The van der Waals surface area contributed by atoms with Gasteiger partial charge in [-0.1, -0.05) is 31.2 Å². The van der Waals surface area contributed by atoms with E-state index in [2.05, 4.69) is 16.0 Å². The Morgan fingerprint density at radius 3 is 2.56 bits per heavy atom. The fourth-order valence-electron chi connectivity index (χ4n) is 4.41. The molecule has 3 aromatic rings. The van der Waals surface area contributed by atoms with E-state index in [0.29, 0.717) is 42.8 Å². The third-order valence-electron chi connectivity index (χ3n) is 6.44. The van der Waals surface area contributed by atoms with Crippen molar-refractivity contribution in [2.45, 2.75) is 25.7 Å². The van der Waals surface area contributed by atoms with Crippen molar-refractivity contribution in [2.75, 3.05) is 13.1 Å². The van der Waals surface area contributed by atoms with Gasteiger partial charge in [0.15, 0.2) is 0 Å². The predicted molar refractivity (Wildman–Crippen MR) is 115 cm³/mol. The molecule has 0 unspecified atom stereocenters. The summed E-state index contributed by atoms with van der Waals surface area (Å²) in [6.07, 6.45) is 3.88. The van der Waals surface area contributed by atoms with Crippen LogP contribution in [-0.2, 0) is 0 Å². The number of hydrogen-bond acceptors (Lipinski definition) is 4. The zero-order valence-electron chi connectivity index (χ0n) is 17.6. The molecule has 1 aromatic heterocycles. The quantitative estimate of drug-likeness (QED) is 0.584. The van der Waals surface area contributed by atoms with Crippen LogP contribution in [-0.4, -0.2) is 33.9 Å². The Bertz CT molecular complexity index is 1170. The van der Waals surface area contributed by atoms with Crippen molar-refractivity contribution in [3.63, 3.8) is 0 Å². The van der Waals surface area contributed by atoms with Crippen molar-refractivity contribution < 1.29 is 13.6 Å². The van der Waals surface area contributed by atoms with Crippen LogP contribution in [0.15, 0.2) is 61.1 Å². The van der Waals surface area contributed by atoms with Crippen molar-refractivity contribution in [2.24, 2.45) is 5.41 Å². The maximum absolute atomic E-state index is 14.4. The van der Waals surface area contributed by atoms with Gasteiger partial charge in [0, 0.05) is 42.4 Å². The zero-order valence-corrected chi connectivity index (χ0v) is 17.6. The van der Waals surface area contributed by atoms with E-state index in [0.717, 1.165) is 11.6 Å². The number of hydrogen-bond donors (Lipinski definition) is 0. The zero-order chi connectivity index (χ0) is 22.7. The Hall–Kier alpha value is -3.66. The van der Waals surface area contributed by atoms with Crippen molar-refractivity contribution in [1.29, 1.82) is 5.26 Å². The molecule has 0 spiro atoms. The van der Waals surface area contributed by atoms with Gasteiger partial charge in [0.25, 0.3) is 5.91 Å². The Balaban J connectivity index is 1.55. The number of nitriles is 1. The van der Waals surface area contributed by atoms with Crippen LogP contribution in [0.4, 0.5) is 8.78 Å². The minimum absolute atomic E-state index is 0.133. The standard InChI is InChI=1S/C25H22F2N4O/c1-17(19-7-6-18(26)14-22(19)27)25(15-28)9-12-31(13-10-25)24(32)21-5-3-2-4-20(21)23-8-11-29-16-30-23/h2-8,11,14,16-17H,9-10,12-13H2,1H3/t17-/m0/s1. The number of rotatable bonds is 4. The van der Waals surface area contributed by atoms with Gasteiger partial charge in [0.1, 0.15) is 18.0 Å². The Kier molecular flexibility index (Phi) is 5.95. The van der Waals surface area contributed by atoms with Crippen molar-refractivity contribution in [3.05, 3.63) is 83.8 Å². The molecule has 2 aromatic carbocycles. The summed E-state index contributed by atoms with van der Waals surface area (Å²) in [5.74, 6) is -1.86. The van der Waals surface area contributed by atoms with Crippen LogP contribution in [0.3, 0.4) is 0 Å². The lowest BCUT2D eigenvalue weighted by Gasteiger charge is -2.41. The maximum Gasteiger partial charge on any atom is 0.254 e. The molecule has 1 fully saturated rings.